The topological polar surface area (TPSA) is 90.3 Å². The van der Waals surface area contributed by atoms with Crippen LogP contribution < -0.4 is 10.9 Å². The number of hydrogen-bond acceptors (Lipinski definition) is 5. The number of unbranched alkanes of at least 4 members (excludes halogenated alkanes) is 2. The van der Waals surface area contributed by atoms with Gasteiger partial charge in [0, 0.05) is 18.0 Å². The van der Waals surface area contributed by atoms with Gasteiger partial charge < -0.3 is 10.1 Å². The van der Waals surface area contributed by atoms with E-state index in [2.05, 4.69) is 24.3 Å². The van der Waals surface area contributed by atoms with Crippen molar-refractivity contribution in [2.75, 3.05) is 0 Å². The molecule has 3 atom stereocenters. The minimum absolute atomic E-state index is 0.0670. The fourth-order valence-corrected chi connectivity index (χ4v) is 4.15. The summed E-state index contributed by atoms with van der Waals surface area (Å²) in [6.07, 6.45) is 6.17. The Balaban J connectivity index is 1.78. The molecule has 1 saturated carbocycles. The Hall–Kier alpha value is -2.70. The standard InChI is InChI=1S/C24H33N3O4/c1-4-5-10-15-27-23(29)19-13-8-7-12-18(19)21(26-27)24(30)31-17(3)22(28)25-20-14-9-6-11-16(20)2/h7-8,12-13,16-17,20H,4-6,9-11,14-15H2,1-3H3,(H,25,28). The van der Waals surface area contributed by atoms with Crippen LogP contribution in [0, 0.1) is 5.92 Å². The van der Waals surface area contributed by atoms with Gasteiger partial charge in [0.2, 0.25) is 0 Å². The zero-order valence-corrected chi connectivity index (χ0v) is 18.7. The van der Waals surface area contributed by atoms with Crippen LogP contribution in [0.3, 0.4) is 0 Å². The van der Waals surface area contributed by atoms with Gasteiger partial charge in [0.05, 0.1) is 5.39 Å². The van der Waals surface area contributed by atoms with Gasteiger partial charge in [-0.1, -0.05) is 57.7 Å². The molecular formula is C24H33N3O4. The van der Waals surface area contributed by atoms with E-state index in [0.29, 0.717) is 23.2 Å². The van der Waals surface area contributed by atoms with Gasteiger partial charge in [0.15, 0.2) is 11.8 Å². The molecule has 168 valence electrons. The van der Waals surface area contributed by atoms with Gasteiger partial charge >= 0.3 is 5.97 Å². The highest BCUT2D eigenvalue weighted by Crippen LogP contribution is 2.24. The first-order valence-electron chi connectivity index (χ1n) is 11.4. The Morgan fingerprint density at radius 1 is 1.19 bits per heavy atom. The highest BCUT2D eigenvalue weighted by atomic mass is 16.5. The second kappa shape index (κ2) is 10.6. The summed E-state index contributed by atoms with van der Waals surface area (Å²) in [5, 5.41) is 8.20. The molecule has 3 rings (SSSR count). The van der Waals surface area contributed by atoms with Crippen LogP contribution in [0.15, 0.2) is 29.1 Å². The lowest BCUT2D eigenvalue weighted by Crippen LogP contribution is -2.46. The van der Waals surface area contributed by atoms with Crippen LogP contribution in [-0.2, 0) is 16.1 Å². The van der Waals surface area contributed by atoms with Gasteiger partial charge in [-0.3, -0.25) is 9.59 Å². The van der Waals surface area contributed by atoms with E-state index in [0.717, 1.165) is 38.5 Å². The van der Waals surface area contributed by atoms with Crippen molar-refractivity contribution in [1.29, 1.82) is 0 Å². The summed E-state index contributed by atoms with van der Waals surface area (Å²) in [6, 6.07) is 7.00. The highest BCUT2D eigenvalue weighted by molar-refractivity contribution is 6.02. The third-order valence-corrected chi connectivity index (χ3v) is 6.13. The van der Waals surface area contributed by atoms with Crippen LogP contribution in [-0.4, -0.2) is 33.8 Å². The number of aromatic nitrogens is 2. The maximum absolute atomic E-state index is 12.9. The van der Waals surface area contributed by atoms with Gasteiger partial charge in [0.1, 0.15) is 0 Å². The minimum Gasteiger partial charge on any atom is -0.448 e. The molecule has 7 nitrogen and oxygen atoms in total. The largest absolute Gasteiger partial charge is 0.448 e. The summed E-state index contributed by atoms with van der Waals surface area (Å²) in [7, 11) is 0. The fraction of sp³-hybridized carbons (Fsp3) is 0.583. The van der Waals surface area contributed by atoms with Crippen LogP contribution >= 0.6 is 0 Å². The molecule has 0 aliphatic heterocycles. The molecule has 0 bridgehead atoms. The van der Waals surface area contributed by atoms with E-state index in [-0.39, 0.29) is 23.2 Å². The quantitative estimate of drug-likeness (QED) is 0.511. The Morgan fingerprint density at radius 2 is 1.90 bits per heavy atom. The van der Waals surface area contributed by atoms with Crippen LogP contribution in [0.25, 0.3) is 10.8 Å². The molecule has 1 heterocycles. The molecule has 2 aromatic rings. The molecule has 3 unspecified atom stereocenters. The van der Waals surface area contributed by atoms with Gasteiger partial charge in [-0.25, -0.2) is 9.48 Å². The van der Waals surface area contributed by atoms with E-state index in [1.165, 1.54) is 11.1 Å². The number of fused-ring (bicyclic) bond motifs is 1. The fourth-order valence-electron chi connectivity index (χ4n) is 4.15. The molecular weight excluding hydrogens is 394 g/mol. The van der Waals surface area contributed by atoms with E-state index >= 15 is 0 Å². The van der Waals surface area contributed by atoms with E-state index in [1.807, 2.05) is 0 Å². The van der Waals surface area contributed by atoms with Crippen molar-refractivity contribution in [1.82, 2.24) is 15.1 Å². The number of esters is 1. The average Bonchev–Trinajstić information content (AvgIpc) is 2.77. The molecule has 0 saturated heterocycles. The first kappa shape index (κ1) is 23.0. The second-order valence-electron chi connectivity index (χ2n) is 8.55. The SMILES string of the molecule is CCCCCn1nc(C(=O)OC(C)C(=O)NC2CCCCC2C)c2ccccc2c1=O. The molecule has 1 aliphatic rings. The van der Waals surface area contributed by atoms with Gasteiger partial charge in [-0.2, -0.15) is 5.10 Å². The maximum Gasteiger partial charge on any atom is 0.360 e. The van der Waals surface area contributed by atoms with Crippen molar-refractivity contribution in [3.8, 4) is 0 Å². The number of ether oxygens (including phenoxy) is 1. The number of benzene rings is 1. The van der Waals surface area contributed by atoms with Crippen molar-refractivity contribution in [3.05, 3.63) is 40.3 Å². The van der Waals surface area contributed by atoms with Crippen molar-refractivity contribution >= 4 is 22.6 Å². The normalized spacial score (nSPS) is 19.7. The van der Waals surface area contributed by atoms with Gasteiger partial charge in [0.25, 0.3) is 11.5 Å². The Morgan fingerprint density at radius 3 is 2.61 bits per heavy atom. The predicted molar refractivity (Wildman–Crippen MR) is 120 cm³/mol. The van der Waals surface area contributed by atoms with Crippen LogP contribution in [0.4, 0.5) is 0 Å². The van der Waals surface area contributed by atoms with Crippen molar-refractivity contribution in [2.45, 2.75) is 84.4 Å². The smallest absolute Gasteiger partial charge is 0.360 e. The van der Waals surface area contributed by atoms with Crippen LogP contribution in [0.1, 0.15) is 76.2 Å². The summed E-state index contributed by atoms with van der Waals surface area (Å²) in [6.45, 7) is 6.23. The van der Waals surface area contributed by atoms with Crippen molar-refractivity contribution in [2.24, 2.45) is 5.92 Å². The van der Waals surface area contributed by atoms with Gasteiger partial charge in [-0.15, -0.1) is 0 Å². The first-order valence-corrected chi connectivity index (χ1v) is 11.4. The van der Waals surface area contributed by atoms with Crippen molar-refractivity contribution < 1.29 is 14.3 Å². The molecule has 0 radical (unpaired) electrons. The van der Waals surface area contributed by atoms with E-state index in [9.17, 15) is 14.4 Å². The minimum atomic E-state index is -0.942. The summed E-state index contributed by atoms with van der Waals surface area (Å²) < 4.78 is 6.81. The monoisotopic (exact) mass is 427 g/mol. The van der Waals surface area contributed by atoms with Crippen LogP contribution in [0.2, 0.25) is 0 Å². The molecule has 31 heavy (non-hydrogen) atoms. The molecule has 1 aromatic heterocycles. The Labute approximate surface area is 183 Å². The number of nitrogens with zero attached hydrogens (tertiary/aromatic N) is 2. The van der Waals surface area contributed by atoms with E-state index in [4.69, 9.17) is 4.74 Å². The number of rotatable bonds is 8. The van der Waals surface area contributed by atoms with Crippen LogP contribution in [0.5, 0.6) is 0 Å². The zero-order valence-electron chi connectivity index (χ0n) is 18.7. The van der Waals surface area contributed by atoms with E-state index < -0.39 is 12.1 Å². The Kier molecular flexibility index (Phi) is 7.82. The lowest BCUT2D eigenvalue weighted by molar-refractivity contribution is -0.130. The van der Waals surface area contributed by atoms with E-state index in [1.54, 1.807) is 31.2 Å². The highest BCUT2D eigenvalue weighted by Gasteiger charge is 2.27. The summed E-state index contributed by atoms with van der Waals surface area (Å²) in [5.74, 6) is -0.578. The summed E-state index contributed by atoms with van der Waals surface area (Å²) in [5.41, 5.74) is -0.155. The number of aryl methyl sites for hydroxylation is 1. The predicted octanol–water partition coefficient (Wildman–Crippen LogP) is 3.83. The number of carbonyl (C=O) groups is 2. The second-order valence-corrected chi connectivity index (χ2v) is 8.55. The number of carbonyl (C=O) groups excluding carboxylic acids is 2. The molecule has 1 aliphatic carbocycles. The van der Waals surface area contributed by atoms with Crippen molar-refractivity contribution in [3.63, 3.8) is 0 Å². The number of nitrogens with one attached hydrogen (secondary N) is 1. The number of amides is 1. The summed E-state index contributed by atoms with van der Waals surface area (Å²) in [4.78, 5) is 38.3. The van der Waals surface area contributed by atoms with Gasteiger partial charge in [-0.05, 0) is 38.2 Å². The Bertz CT molecular complexity index is 984. The lowest BCUT2D eigenvalue weighted by Gasteiger charge is -2.30. The summed E-state index contributed by atoms with van der Waals surface area (Å²) >= 11 is 0. The average molecular weight is 428 g/mol. The zero-order chi connectivity index (χ0) is 22.4. The maximum atomic E-state index is 12.9. The first-order chi connectivity index (χ1) is 14.9. The molecule has 1 N–H and O–H groups in total. The molecule has 1 fully saturated rings. The third kappa shape index (κ3) is 5.51. The lowest BCUT2D eigenvalue weighted by atomic mass is 9.86. The number of hydrogen-bond donors (Lipinski definition) is 1. The molecule has 0 spiro atoms. The third-order valence-electron chi connectivity index (χ3n) is 6.13. The molecule has 1 amide bonds. The molecule has 7 heteroatoms. The molecule has 1 aromatic carbocycles.